The number of ether oxygens (including phenoxy) is 2. The van der Waals surface area contributed by atoms with E-state index in [1.54, 1.807) is 0 Å². The Morgan fingerprint density at radius 2 is 1.87 bits per heavy atom. The van der Waals surface area contributed by atoms with Crippen molar-refractivity contribution in [1.29, 1.82) is 0 Å². The molecule has 0 amide bonds. The van der Waals surface area contributed by atoms with E-state index in [1.165, 1.54) is 52.1 Å². The Morgan fingerprint density at radius 1 is 1.13 bits per heavy atom. The van der Waals surface area contributed by atoms with Gasteiger partial charge in [-0.2, -0.15) is 0 Å². The second-order valence-corrected chi connectivity index (χ2v) is 7.33. The summed E-state index contributed by atoms with van der Waals surface area (Å²) < 4.78 is 10.8. The fourth-order valence-corrected chi connectivity index (χ4v) is 3.60. The number of unbranched alkanes of at least 4 members (excludes halogenated alkanes) is 6. The van der Waals surface area contributed by atoms with Gasteiger partial charge in [0.15, 0.2) is 0 Å². The molecule has 1 aliphatic heterocycles. The molecule has 0 aromatic rings. The van der Waals surface area contributed by atoms with Gasteiger partial charge in [-0.25, -0.2) is 0 Å². The fraction of sp³-hybridized carbons (Fsp3) is 0.947. The van der Waals surface area contributed by atoms with Crippen molar-refractivity contribution in [2.45, 2.75) is 108 Å². The molecule has 1 saturated heterocycles. The summed E-state index contributed by atoms with van der Waals surface area (Å²) in [5.41, 5.74) is 0. The first-order valence-electron chi connectivity index (χ1n) is 9.53. The van der Waals surface area contributed by atoms with Crippen LogP contribution < -0.4 is 0 Å². The van der Waals surface area contributed by atoms with Crippen LogP contribution in [-0.4, -0.2) is 30.7 Å². The van der Waals surface area contributed by atoms with E-state index >= 15 is 0 Å². The van der Waals surface area contributed by atoms with Gasteiger partial charge in [-0.15, -0.1) is 11.6 Å². The summed E-state index contributed by atoms with van der Waals surface area (Å²) in [5, 5.41) is 0.199. The number of carbonyl (C=O) groups excluding carboxylic acids is 1. The Bertz CT molecular complexity index is 309. The molecule has 0 saturated carbocycles. The van der Waals surface area contributed by atoms with Crippen molar-refractivity contribution >= 4 is 17.6 Å². The third kappa shape index (κ3) is 9.56. The molecule has 4 heteroatoms. The lowest BCUT2D eigenvalue weighted by Gasteiger charge is -2.18. The van der Waals surface area contributed by atoms with E-state index < -0.39 is 0 Å². The van der Waals surface area contributed by atoms with E-state index in [0.717, 1.165) is 32.1 Å². The third-order valence-corrected chi connectivity index (χ3v) is 5.26. The molecule has 1 rings (SSSR count). The van der Waals surface area contributed by atoms with Crippen LogP contribution in [0.25, 0.3) is 0 Å². The fourth-order valence-electron chi connectivity index (χ4n) is 3.26. The summed E-state index contributed by atoms with van der Waals surface area (Å²) in [6, 6.07) is 0. The molecule has 0 spiro atoms. The van der Waals surface area contributed by atoms with Crippen molar-refractivity contribution in [2.75, 3.05) is 7.11 Å². The first-order valence-corrected chi connectivity index (χ1v) is 9.97. The quantitative estimate of drug-likeness (QED) is 0.246. The van der Waals surface area contributed by atoms with E-state index in [-0.39, 0.29) is 17.5 Å². The standard InChI is InChI=1S/C19H35ClO3/c1-3-4-8-12-17(20)18-15-14-16(23-18)11-9-6-5-7-10-13-19(21)22-2/h16-18H,3-15H2,1-2H3. The van der Waals surface area contributed by atoms with E-state index in [2.05, 4.69) is 11.7 Å². The molecule has 0 N–H and O–H groups in total. The molecule has 0 bridgehead atoms. The molecule has 1 heterocycles. The number of carbonyl (C=O) groups is 1. The predicted molar refractivity (Wildman–Crippen MR) is 96.0 cm³/mol. The highest BCUT2D eigenvalue weighted by molar-refractivity contribution is 6.21. The Hall–Kier alpha value is -0.280. The van der Waals surface area contributed by atoms with E-state index in [1.807, 2.05) is 0 Å². The maximum absolute atomic E-state index is 11.0. The first-order chi connectivity index (χ1) is 11.2. The van der Waals surface area contributed by atoms with Crippen LogP contribution in [0.4, 0.5) is 0 Å². The van der Waals surface area contributed by atoms with E-state index in [0.29, 0.717) is 12.5 Å². The summed E-state index contributed by atoms with van der Waals surface area (Å²) in [4.78, 5) is 11.0. The van der Waals surface area contributed by atoms with Crippen LogP contribution in [0.3, 0.4) is 0 Å². The Morgan fingerprint density at radius 3 is 2.61 bits per heavy atom. The zero-order chi connectivity index (χ0) is 16.9. The number of esters is 1. The van der Waals surface area contributed by atoms with Gasteiger partial charge in [0.1, 0.15) is 0 Å². The van der Waals surface area contributed by atoms with Gasteiger partial charge in [-0.05, 0) is 32.1 Å². The lowest BCUT2D eigenvalue weighted by Crippen LogP contribution is -2.21. The molecular formula is C19H35ClO3. The molecule has 3 nitrogen and oxygen atoms in total. The third-order valence-electron chi connectivity index (χ3n) is 4.76. The maximum atomic E-state index is 11.0. The second-order valence-electron chi connectivity index (χ2n) is 6.77. The molecule has 3 unspecified atom stereocenters. The summed E-state index contributed by atoms with van der Waals surface area (Å²) in [5.74, 6) is -0.0926. The molecule has 0 aliphatic carbocycles. The van der Waals surface area contributed by atoms with Gasteiger partial charge in [-0.1, -0.05) is 51.9 Å². The van der Waals surface area contributed by atoms with Crippen LogP contribution in [0.5, 0.6) is 0 Å². The summed E-state index contributed by atoms with van der Waals surface area (Å²) in [7, 11) is 1.45. The largest absolute Gasteiger partial charge is 0.469 e. The number of methoxy groups -OCH3 is 1. The van der Waals surface area contributed by atoms with Crippen molar-refractivity contribution in [3.63, 3.8) is 0 Å². The number of alkyl halides is 1. The Kier molecular flexibility index (Phi) is 11.8. The first kappa shape index (κ1) is 20.8. The molecular weight excluding hydrogens is 312 g/mol. The highest BCUT2D eigenvalue weighted by Gasteiger charge is 2.29. The summed E-state index contributed by atoms with van der Waals surface area (Å²) in [6.07, 6.45) is 15.2. The zero-order valence-electron chi connectivity index (χ0n) is 15.0. The zero-order valence-corrected chi connectivity index (χ0v) is 15.8. The average Bonchev–Trinajstić information content (AvgIpc) is 3.02. The second kappa shape index (κ2) is 13.1. The van der Waals surface area contributed by atoms with Gasteiger partial charge >= 0.3 is 5.97 Å². The molecule has 23 heavy (non-hydrogen) atoms. The number of rotatable bonds is 13. The van der Waals surface area contributed by atoms with Crippen molar-refractivity contribution in [1.82, 2.24) is 0 Å². The van der Waals surface area contributed by atoms with Crippen LogP contribution in [0, 0.1) is 0 Å². The molecule has 1 fully saturated rings. The lowest BCUT2D eigenvalue weighted by molar-refractivity contribution is -0.140. The van der Waals surface area contributed by atoms with Gasteiger partial charge in [-0.3, -0.25) is 4.79 Å². The highest BCUT2D eigenvalue weighted by Crippen LogP contribution is 2.30. The van der Waals surface area contributed by atoms with Crippen molar-refractivity contribution in [3.05, 3.63) is 0 Å². The van der Waals surface area contributed by atoms with Crippen LogP contribution in [-0.2, 0) is 14.3 Å². The minimum atomic E-state index is -0.0926. The number of hydrogen-bond donors (Lipinski definition) is 0. The normalized spacial score (nSPS) is 22.2. The Labute approximate surface area is 147 Å². The lowest BCUT2D eigenvalue weighted by atomic mass is 10.0. The minimum Gasteiger partial charge on any atom is -0.469 e. The minimum absolute atomic E-state index is 0.0926. The SMILES string of the molecule is CCCCCC(Cl)C1CCC(CCCCCCCC(=O)OC)O1. The van der Waals surface area contributed by atoms with Crippen molar-refractivity contribution in [3.8, 4) is 0 Å². The molecule has 0 aromatic heterocycles. The predicted octanol–water partition coefficient (Wildman–Crippen LogP) is 5.63. The number of halogens is 1. The van der Waals surface area contributed by atoms with Gasteiger partial charge in [0.05, 0.1) is 24.7 Å². The summed E-state index contributed by atoms with van der Waals surface area (Å²) in [6.45, 7) is 2.22. The monoisotopic (exact) mass is 346 g/mol. The molecule has 0 aromatic carbocycles. The van der Waals surface area contributed by atoms with Gasteiger partial charge in [0, 0.05) is 6.42 Å². The summed E-state index contributed by atoms with van der Waals surface area (Å²) >= 11 is 6.48. The van der Waals surface area contributed by atoms with E-state index in [4.69, 9.17) is 16.3 Å². The van der Waals surface area contributed by atoms with Crippen LogP contribution in [0.15, 0.2) is 0 Å². The van der Waals surface area contributed by atoms with Crippen LogP contribution in [0.1, 0.15) is 90.4 Å². The van der Waals surface area contributed by atoms with Crippen molar-refractivity contribution in [2.24, 2.45) is 0 Å². The molecule has 0 radical (unpaired) electrons. The number of hydrogen-bond acceptors (Lipinski definition) is 3. The Balaban J connectivity index is 1.97. The topological polar surface area (TPSA) is 35.5 Å². The molecule has 1 aliphatic rings. The van der Waals surface area contributed by atoms with E-state index in [9.17, 15) is 4.79 Å². The van der Waals surface area contributed by atoms with Crippen LogP contribution >= 0.6 is 11.6 Å². The maximum Gasteiger partial charge on any atom is 0.305 e. The smallest absolute Gasteiger partial charge is 0.305 e. The van der Waals surface area contributed by atoms with Crippen molar-refractivity contribution < 1.29 is 14.3 Å². The van der Waals surface area contributed by atoms with Crippen LogP contribution in [0.2, 0.25) is 0 Å². The molecule has 136 valence electrons. The molecule has 3 atom stereocenters. The van der Waals surface area contributed by atoms with Gasteiger partial charge < -0.3 is 9.47 Å². The van der Waals surface area contributed by atoms with Gasteiger partial charge in [0.2, 0.25) is 0 Å². The highest BCUT2D eigenvalue weighted by atomic mass is 35.5. The van der Waals surface area contributed by atoms with Gasteiger partial charge in [0.25, 0.3) is 0 Å². The average molecular weight is 347 g/mol.